The van der Waals surface area contributed by atoms with E-state index in [0.29, 0.717) is 16.5 Å². The Morgan fingerprint density at radius 2 is 2.07 bits per heavy atom. The van der Waals surface area contributed by atoms with Gasteiger partial charge in [-0.25, -0.2) is 9.78 Å². The number of aromatic carboxylic acids is 1. The summed E-state index contributed by atoms with van der Waals surface area (Å²) >= 11 is 1.60. The van der Waals surface area contributed by atoms with Crippen LogP contribution in [0.1, 0.15) is 51.4 Å². The van der Waals surface area contributed by atoms with Crippen LogP contribution in [0.2, 0.25) is 0 Å². The summed E-state index contributed by atoms with van der Waals surface area (Å²) in [6, 6.07) is 3.65. The number of carbonyl (C=O) groups is 2. The highest BCUT2D eigenvalue weighted by Crippen LogP contribution is 2.43. The van der Waals surface area contributed by atoms with E-state index in [1.165, 1.54) is 4.88 Å². The van der Waals surface area contributed by atoms with Crippen LogP contribution in [0.3, 0.4) is 0 Å². The van der Waals surface area contributed by atoms with E-state index >= 15 is 0 Å². The highest BCUT2D eigenvalue weighted by atomic mass is 32.1. The van der Waals surface area contributed by atoms with E-state index in [1.807, 2.05) is 6.07 Å². The van der Waals surface area contributed by atoms with Gasteiger partial charge in [0.15, 0.2) is 6.29 Å². The standard InChI is InChI=1S/C12H17NO2S.C10H12N2O2/c1-12(2)5-4-7-8(6-12)16-10(13-3)9(7)11(14)15;13-8-9-1-2-10(11-7-9)12-3-5-14-6-4-12/h13H,4-6H2,1-3H3,(H,14,15);1-2,7-8H,3-6H2. The van der Waals surface area contributed by atoms with Crippen LogP contribution in [0.4, 0.5) is 10.8 Å². The van der Waals surface area contributed by atoms with Crippen molar-refractivity contribution in [3.63, 3.8) is 0 Å². The van der Waals surface area contributed by atoms with Gasteiger partial charge >= 0.3 is 5.97 Å². The molecule has 1 saturated heterocycles. The molecule has 2 aliphatic rings. The number of ether oxygens (including phenoxy) is 1. The molecule has 0 spiro atoms. The summed E-state index contributed by atoms with van der Waals surface area (Å²) in [7, 11) is 1.79. The lowest BCUT2D eigenvalue weighted by Gasteiger charge is -2.29. The number of aromatic nitrogens is 1. The number of morpholine rings is 1. The minimum absolute atomic E-state index is 0.304. The zero-order valence-electron chi connectivity index (χ0n) is 17.7. The summed E-state index contributed by atoms with van der Waals surface area (Å²) in [6.45, 7) is 7.72. The van der Waals surface area contributed by atoms with Crippen molar-refractivity contribution in [1.29, 1.82) is 0 Å². The summed E-state index contributed by atoms with van der Waals surface area (Å²) in [4.78, 5) is 29.3. The van der Waals surface area contributed by atoms with Crippen LogP contribution in [-0.4, -0.2) is 55.7 Å². The van der Waals surface area contributed by atoms with E-state index in [9.17, 15) is 14.7 Å². The number of aldehydes is 1. The second-order valence-corrected chi connectivity index (χ2v) is 9.38. The van der Waals surface area contributed by atoms with Crippen LogP contribution in [0.15, 0.2) is 18.3 Å². The molecule has 0 aromatic carbocycles. The Hall–Kier alpha value is -2.45. The molecular formula is C22H29N3O4S. The second-order valence-electron chi connectivity index (χ2n) is 8.27. The summed E-state index contributed by atoms with van der Waals surface area (Å²) in [5.41, 5.74) is 2.47. The largest absolute Gasteiger partial charge is 0.478 e. The van der Waals surface area contributed by atoms with E-state index in [0.717, 1.165) is 68.2 Å². The van der Waals surface area contributed by atoms with Gasteiger partial charge in [-0.2, -0.15) is 0 Å². The fourth-order valence-electron chi connectivity index (χ4n) is 3.75. The zero-order valence-corrected chi connectivity index (χ0v) is 18.6. The van der Waals surface area contributed by atoms with Crippen LogP contribution in [0.5, 0.6) is 0 Å². The normalized spacial score (nSPS) is 17.4. The van der Waals surface area contributed by atoms with E-state index in [2.05, 4.69) is 29.0 Å². The predicted octanol–water partition coefficient (Wildman–Crippen LogP) is 3.73. The van der Waals surface area contributed by atoms with Gasteiger partial charge in [0.1, 0.15) is 10.8 Å². The highest BCUT2D eigenvalue weighted by Gasteiger charge is 2.31. The van der Waals surface area contributed by atoms with Crippen molar-refractivity contribution >= 4 is 34.4 Å². The molecule has 4 rings (SSSR count). The molecule has 7 nitrogen and oxygen atoms in total. The molecule has 0 bridgehead atoms. The van der Waals surface area contributed by atoms with Crippen molar-refractivity contribution in [3.8, 4) is 0 Å². The van der Waals surface area contributed by atoms with E-state index in [-0.39, 0.29) is 0 Å². The monoisotopic (exact) mass is 431 g/mol. The maximum absolute atomic E-state index is 11.2. The fraction of sp³-hybridized carbons (Fsp3) is 0.500. The fourth-order valence-corrected chi connectivity index (χ4v) is 5.21. The molecule has 30 heavy (non-hydrogen) atoms. The van der Waals surface area contributed by atoms with Gasteiger partial charge in [-0.05, 0) is 42.4 Å². The van der Waals surface area contributed by atoms with Gasteiger partial charge in [-0.1, -0.05) is 13.8 Å². The average Bonchev–Trinajstić information content (AvgIpc) is 3.11. The first-order chi connectivity index (χ1) is 14.3. The number of thiophene rings is 1. The molecule has 8 heteroatoms. The molecule has 0 radical (unpaired) electrons. The van der Waals surface area contributed by atoms with E-state index < -0.39 is 5.97 Å². The minimum Gasteiger partial charge on any atom is -0.478 e. The molecule has 0 unspecified atom stereocenters. The van der Waals surface area contributed by atoms with Gasteiger partial charge in [0.25, 0.3) is 0 Å². The molecule has 2 aromatic rings. The quantitative estimate of drug-likeness (QED) is 0.713. The molecule has 1 fully saturated rings. The van der Waals surface area contributed by atoms with Crippen molar-refractivity contribution in [3.05, 3.63) is 39.9 Å². The number of nitrogens with one attached hydrogen (secondary N) is 1. The number of rotatable bonds is 4. The second kappa shape index (κ2) is 9.57. The van der Waals surface area contributed by atoms with Crippen LogP contribution >= 0.6 is 11.3 Å². The Bertz CT molecular complexity index is 887. The first-order valence-corrected chi connectivity index (χ1v) is 11.0. The third kappa shape index (κ3) is 5.17. The third-order valence-corrected chi connectivity index (χ3v) is 6.71. The van der Waals surface area contributed by atoms with E-state index in [4.69, 9.17) is 4.74 Å². The minimum atomic E-state index is -0.804. The Labute approximate surface area is 181 Å². The van der Waals surface area contributed by atoms with Gasteiger partial charge in [0.05, 0.1) is 18.8 Å². The topological polar surface area (TPSA) is 91.8 Å². The third-order valence-electron chi connectivity index (χ3n) is 5.46. The lowest BCUT2D eigenvalue weighted by atomic mass is 9.77. The molecule has 3 heterocycles. The zero-order chi connectivity index (χ0) is 21.7. The van der Waals surface area contributed by atoms with Crippen molar-refractivity contribution in [2.24, 2.45) is 5.41 Å². The first-order valence-electron chi connectivity index (χ1n) is 10.1. The summed E-state index contributed by atoms with van der Waals surface area (Å²) in [6.07, 6.45) is 5.35. The molecule has 0 amide bonds. The maximum Gasteiger partial charge on any atom is 0.338 e. The lowest BCUT2D eigenvalue weighted by Crippen LogP contribution is -2.36. The number of anilines is 2. The van der Waals surface area contributed by atoms with Gasteiger partial charge < -0.3 is 20.1 Å². The maximum atomic E-state index is 11.2. The number of hydrogen-bond acceptors (Lipinski definition) is 7. The Morgan fingerprint density at radius 3 is 2.63 bits per heavy atom. The molecule has 1 aliphatic carbocycles. The Balaban J connectivity index is 0.000000172. The van der Waals surface area contributed by atoms with Crippen LogP contribution in [-0.2, 0) is 17.6 Å². The Kier molecular flexibility index (Phi) is 7.10. The lowest BCUT2D eigenvalue weighted by molar-refractivity contribution is 0.0696. The van der Waals surface area contributed by atoms with Gasteiger partial charge in [-0.15, -0.1) is 11.3 Å². The molecule has 2 aromatic heterocycles. The van der Waals surface area contributed by atoms with E-state index in [1.54, 1.807) is 30.6 Å². The number of carboxylic acid groups (broad SMARTS) is 1. The van der Waals surface area contributed by atoms with Crippen LogP contribution in [0.25, 0.3) is 0 Å². The smallest absolute Gasteiger partial charge is 0.338 e. The van der Waals surface area contributed by atoms with Gasteiger partial charge in [0, 0.05) is 36.8 Å². The van der Waals surface area contributed by atoms with Gasteiger partial charge in [-0.3, -0.25) is 4.79 Å². The Morgan fingerprint density at radius 1 is 1.33 bits per heavy atom. The SMILES string of the molecule is CNc1sc2c(c1C(=O)O)CCC(C)(C)C2.O=Cc1ccc(N2CCOCC2)nc1. The van der Waals surface area contributed by atoms with Crippen molar-refractivity contribution in [2.75, 3.05) is 43.6 Å². The number of hydrogen-bond donors (Lipinski definition) is 2. The predicted molar refractivity (Wildman–Crippen MR) is 119 cm³/mol. The van der Waals surface area contributed by atoms with Crippen LogP contribution in [0, 0.1) is 5.41 Å². The molecule has 2 N–H and O–H groups in total. The summed E-state index contributed by atoms with van der Waals surface area (Å²) in [5, 5.41) is 13.0. The number of carboxylic acids is 1. The molecule has 1 aliphatic heterocycles. The highest BCUT2D eigenvalue weighted by molar-refractivity contribution is 7.16. The number of fused-ring (bicyclic) bond motifs is 1. The van der Waals surface area contributed by atoms with Crippen molar-refractivity contribution in [2.45, 2.75) is 33.1 Å². The molecule has 0 atom stereocenters. The van der Waals surface area contributed by atoms with Crippen molar-refractivity contribution in [1.82, 2.24) is 4.98 Å². The summed E-state index contributed by atoms with van der Waals surface area (Å²) < 4.78 is 5.24. The van der Waals surface area contributed by atoms with Crippen LogP contribution < -0.4 is 10.2 Å². The molecule has 0 saturated carbocycles. The average molecular weight is 432 g/mol. The number of carbonyl (C=O) groups excluding carboxylic acids is 1. The molecule has 162 valence electrons. The first kappa shape index (κ1) is 22.2. The van der Waals surface area contributed by atoms with Gasteiger partial charge in [0.2, 0.25) is 0 Å². The number of pyridine rings is 1. The van der Waals surface area contributed by atoms with Crippen molar-refractivity contribution < 1.29 is 19.4 Å². The molecular weight excluding hydrogens is 402 g/mol. The number of nitrogens with zero attached hydrogens (tertiary/aromatic N) is 2. The summed E-state index contributed by atoms with van der Waals surface area (Å²) in [5.74, 6) is 0.112.